The Labute approximate surface area is 217 Å². The fourth-order valence-electron chi connectivity index (χ4n) is 3.56. The number of anilines is 1. The van der Waals surface area contributed by atoms with Crippen LogP contribution in [-0.2, 0) is 16.1 Å². The number of nitrogens with one attached hydrogen (secondary N) is 1. The number of esters is 1. The maximum Gasteiger partial charge on any atom is 0.490 e. The van der Waals surface area contributed by atoms with Crippen LogP contribution in [0.5, 0.6) is 5.75 Å². The van der Waals surface area contributed by atoms with Crippen molar-refractivity contribution in [3.05, 3.63) is 47.9 Å². The average molecular weight is 542 g/mol. The third kappa shape index (κ3) is 8.49. The number of carbonyl (C=O) groups excluding carboxylic acids is 2. The van der Waals surface area contributed by atoms with E-state index in [0.29, 0.717) is 32.0 Å². The maximum atomic E-state index is 12.9. The van der Waals surface area contributed by atoms with Crippen LogP contribution in [0.3, 0.4) is 0 Å². The van der Waals surface area contributed by atoms with Crippen molar-refractivity contribution in [1.82, 2.24) is 20.2 Å². The number of rotatable bonds is 6. The van der Waals surface area contributed by atoms with Gasteiger partial charge in [0.1, 0.15) is 11.6 Å². The normalized spacial score (nSPS) is 15.3. The highest BCUT2D eigenvalue weighted by Gasteiger charge is 2.38. The van der Waals surface area contributed by atoms with Gasteiger partial charge in [0.25, 0.3) is 0 Å². The summed E-state index contributed by atoms with van der Waals surface area (Å²) in [4.78, 5) is 45.8. The molecule has 1 aliphatic heterocycles. The van der Waals surface area contributed by atoms with Crippen LogP contribution in [0.25, 0.3) is 0 Å². The van der Waals surface area contributed by atoms with Gasteiger partial charge in [-0.25, -0.2) is 24.4 Å². The summed E-state index contributed by atoms with van der Waals surface area (Å²) in [5.41, 5.74) is 1.18. The Balaban J connectivity index is 0.000000638. The molecule has 2 heterocycles. The first-order valence-electron chi connectivity index (χ1n) is 11.5. The molecule has 14 heteroatoms. The van der Waals surface area contributed by atoms with Gasteiger partial charge in [0, 0.05) is 26.2 Å². The molecule has 1 aliphatic rings. The number of hydrogen-bond donors (Lipinski definition) is 2. The number of amides is 2. The van der Waals surface area contributed by atoms with Crippen LogP contribution in [0, 0.1) is 5.92 Å². The lowest BCUT2D eigenvalue weighted by Gasteiger charge is -2.43. The lowest BCUT2D eigenvalue weighted by molar-refractivity contribution is -0.192. The van der Waals surface area contributed by atoms with Gasteiger partial charge >= 0.3 is 24.1 Å². The second kappa shape index (κ2) is 13.4. The summed E-state index contributed by atoms with van der Waals surface area (Å²) >= 11 is 0. The summed E-state index contributed by atoms with van der Waals surface area (Å²) < 4.78 is 41.6. The van der Waals surface area contributed by atoms with Gasteiger partial charge < -0.3 is 29.7 Å². The minimum Gasteiger partial charge on any atom is -0.497 e. The molecule has 1 unspecified atom stereocenters. The maximum absolute atomic E-state index is 12.9. The molecule has 1 atom stereocenters. The van der Waals surface area contributed by atoms with Gasteiger partial charge in [-0.3, -0.25) is 0 Å². The van der Waals surface area contributed by atoms with Crippen molar-refractivity contribution in [1.29, 1.82) is 0 Å². The Morgan fingerprint density at radius 2 is 1.74 bits per heavy atom. The van der Waals surface area contributed by atoms with Crippen LogP contribution < -0.4 is 15.0 Å². The van der Waals surface area contributed by atoms with Crippen molar-refractivity contribution in [3.8, 4) is 5.75 Å². The number of hydrogen-bond acceptors (Lipinski definition) is 8. The van der Waals surface area contributed by atoms with Crippen molar-refractivity contribution in [2.45, 2.75) is 32.6 Å². The van der Waals surface area contributed by atoms with Gasteiger partial charge in [0.2, 0.25) is 0 Å². The molecule has 1 saturated heterocycles. The molecule has 0 saturated carbocycles. The Hall–Kier alpha value is -4.10. The zero-order valence-corrected chi connectivity index (χ0v) is 21.4. The van der Waals surface area contributed by atoms with E-state index in [9.17, 15) is 22.8 Å². The Morgan fingerprint density at radius 1 is 1.11 bits per heavy atom. The van der Waals surface area contributed by atoms with E-state index in [-0.39, 0.29) is 23.7 Å². The summed E-state index contributed by atoms with van der Waals surface area (Å²) in [6, 6.07) is 7.57. The number of nitrogens with zero attached hydrogens (tertiary/aromatic N) is 4. The molecular weight excluding hydrogens is 511 g/mol. The Bertz CT molecular complexity index is 1080. The summed E-state index contributed by atoms with van der Waals surface area (Å²) in [6.07, 6.45) is -2.09. The summed E-state index contributed by atoms with van der Waals surface area (Å²) in [5.74, 6) is -1.55. The van der Waals surface area contributed by atoms with E-state index in [1.54, 1.807) is 13.3 Å². The van der Waals surface area contributed by atoms with E-state index < -0.39 is 18.1 Å². The number of halogens is 3. The van der Waals surface area contributed by atoms with Gasteiger partial charge in [-0.15, -0.1) is 0 Å². The first-order chi connectivity index (χ1) is 17.9. The molecule has 0 bridgehead atoms. The lowest BCUT2D eigenvalue weighted by atomic mass is 10.00. The molecular formula is C24H30F3N5O6. The molecule has 1 aromatic heterocycles. The van der Waals surface area contributed by atoms with Crippen LogP contribution in [0.2, 0.25) is 0 Å². The summed E-state index contributed by atoms with van der Waals surface area (Å²) in [5, 5.41) is 10.1. The van der Waals surface area contributed by atoms with Gasteiger partial charge in [0.15, 0.2) is 5.69 Å². The van der Waals surface area contributed by atoms with Gasteiger partial charge in [-0.1, -0.05) is 26.0 Å². The van der Waals surface area contributed by atoms with Crippen LogP contribution in [0.15, 0.2) is 36.7 Å². The first-order valence-corrected chi connectivity index (χ1v) is 11.5. The van der Waals surface area contributed by atoms with Crippen LogP contribution in [0.4, 0.5) is 23.8 Å². The average Bonchev–Trinajstić information content (AvgIpc) is 2.91. The van der Waals surface area contributed by atoms with Gasteiger partial charge in [-0.05, 0) is 23.6 Å². The summed E-state index contributed by atoms with van der Waals surface area (Å²) in [7, 11) is 2.94. The van der Waals surface area contributed by atoms with E-state index in [1.807, 2.05) is 29.2 Å². The first kappa shape index (κ1) is 30.1. The molecule has 208 valence electrons. The predicted octanol–water partition coefficient (Wildman–Crippen LogP) is 2.96. The van der Waals surface area contributed by atoms with Crippen molar-refractivity contribution in [2.24, 2.45) is 5.92 Å². The fraction of sp³-hybridized carbons (Fsp3) is 0.458. The predicted molar refractivity (Wildman–Crippen MR) is 130 cm³/mol. The van der Waals surface area contributed by atoms with Crippen LogP contribution in [0.1, 0.15) is 29.9 Å². The minimum absolute atomic E-state index is 0.0201. The topological polar surface area (TPSA) is 134 Å². The molecule has 2 aromatic rings. The number of methoxy groups -OCH3 is 2. The Morgan fingerprint density at radius 3 is 2.21 bits per heavy atom. The monoisotopic (exact) mass is 541 g/mol. The lowest BCUT2D eigenvalue weighted by Crippen LogP contribution is -2.59. The number of benzene rings is 1. The Kier molecular flexibility index (Phi) is 10.7. The van der Waals surface area contributed by atoms with E-state index in [2.05, 4.69) is 38.8 Å². The highest BCUT2D eigenvalue weighted by atomic mass is 19.4. The van der Waals surface area contributed by atoms with E-state index in [0.717, 1.165) is 11.3 Å². The number of carboxylic acid groups (broad SMARTS) is 1. The number of alkyl halides is 3. The highest BCUT2D eigenvalue weighted by molar-refractivity contribution is 5.86. The molecule has 2 amide bonds. The van der Waals surface area contributed by atoms with Crippen LogP contribution in [-0.4, -0.2) is 84.0 Å². The van der Waals surface area contributed by atoms with Gasteiger partial charge in [0.05, 0.1) is 32.7 Å². The molecule has 1 fully saturated rings. The fourth-order valence-corrected chi connectivity index (χ4v) is 3.56. The minimum atomic E-state index is -5.08. The van der Waals surface area contributed by atoms with Crippen molar-refractivity contribution >= 4 is 23.8 Å². The number of ether oxygens (including phenoxy) is 2. The zero-order valence-electron chi connectivity index (χ0n) is 21.4. The van der Waals surface area contributed by atoms with Crippen molar-refractivity contribution in [2.75, 3.05) is 38.8 Å². The number of piperazine rings is 1. The van der Waals surface area contributed by atoms with Gasteiger partial charge in [-0.2, -0.15) is 13.2 Å². The molecule has 38 heavy (non-hydrogen) atoms. The molecule has 3 rings (SSSR count). The number of aromatic nitrogens is 2. The highest BCUT2D eigenvalue weighted by Crippen LogP contribution is 2.22. The molecule has 0 aliphatic carbocycles. The van der Waals surface area contributed by atoms with Crippen molar-refractivity contribution < 1.29 is 42.1 Å². The largest absolute Gasteiger partial charge is 0.497 e. The molecule has 1 aromatic carbocycles. The van der Waals surface area contributed by atoms with E-state index in [1.165, 1.54) is 13.3 Å². The molecule has 11 nitrogen and oxygen atoms in total. The SMILES string of the molecule is COC(=O)c1cnc(N2CCN(C(=O)NCc3ccc(OC)cc3)C(C(C)C)C2)cn1.O=C(O)C(F)(F)F. The number of urea groups is 1. The van der Waals surface area contributed by atoms with Crippen molar-refractivity contribution in [3.63, 3.8) is 0 Å². The zero-order chi connectivity index (χ0) is 28.5. The quantitative estimate of drug-likeness (QED) is 0.530. The van der Waals surface area contributed by atoms with Crippen LogP contribution >= 0.6 is 0 Å². The molecule has 0 radical (unpaired) electrons. The van der Waals surface area contributed by atoms with E-state index >= 15 is 0 Å². The summed E-state index contributed by atoms with van der Waals surface area (Å²) in [6.45, 7) is 6.49. The molecule has 0 spiro atoms. The number of carboxylic acids is 1. The smallest absolute Gasteiger partial charge is 0.490 e. The van der Waals surface area contributed by atoms with E-state index in [4.69, 9.17) is 14.6 Å². The number of carbonyl (C=O) groups is 3. The standard InChI is InChI=1S/C22H29N5O4.C2HF3O2/c1-15(2)19-14-26(20-13-23-18(12-24-20)21(28)31-4)9-10-27(19)22(29)25-11-16-5-7-17(30-3)8-6-16;3-2(4,5)1(6)7/h5-8,12-13,15,19H,9-11,14H2,1-4H3,(H,25,29);(H,6,7). The third-order valence-corrected chi connectivity index (χ3v) is 5.65. The number of aliphatic carboxylic acids is 1. The second-order valence-electron chi connectivity index (χ2n) is 8.51. The third-order valence-electron chi connectivity index (χ3n) is 5.65. The molecule has 2 N–H and O–H groups in total. The second-order valence-corrected chi connectivity index (χ2v) is 8.51.